The molecular formula is C14H9ClF2O3S. The van der Waals surface area contributed by atoms with Crippen LogP contribution in [0, 0.1) is 11.6 Å². The van der Waals surface area contributed by atoms with E-state index in [0.29, 0.717) is 5.02 Å². The van der Waals surface area contributed by atoms with Gasteiger partial charge in [0, 0.05) is 5.02 Å². The first-order valence-electron chi connectivity index (χ1n) is 5.77. The molecule has 0 aliphatic heterocycles. The Kier molecular flexibility index (Phi) is 4.39. The van der Waals surface area contributed by atoms with Gasteiger partial charge in [-0.2, -0.15) is 0 Å². The molecule has 3 nitrogen and oxygen atoms in total. The average molecular weight is 331 g/mol. The summed E-state index contributed by atoms with van der Waals surface area (Å²) in [6, 6.07) is 8.03. The SMILES string of the molecule is O=C(CS(=O)(=O)c1ccc(Cl)cc1)c1c(F)cccc1F. The van der Waals surface area contributed by atoms with E-state index < -0.39 is 38.6 Å². The molecule has 0 aromatic heterocycles. The Morgan fingerprint density at radius 3 is 2.05 bits per heavy atom. The summed E-state index contributed by atoms with van der Waals surface area (Å²) < 4.78 is 51.0. The highest BCUT2D eigenvalue weighted by molar-refractivity contribution is 7.92. The number of hydrogen-bond acceptors (Lipinski definition) is 3. The van der Waals surface area contributed by atoms with E-state index in [2.05, 4.69) is 0 Å². The van der Waals surface area contributed by atoms with E-state index in [1.54, 1.807) is 0 Å². The number of ketones is 1. The molecule has 0 saturated carbocycles. The highest BCUT2D eigenvalue weighted by Gasteiger charge is 2.24. The van der Waals surface area contributed by atoms with Gasteiger partial charge in [-0.15, -0.1) is 0 Å². The van der Waals surface area contributed by atoms with Crippen molar-refractivity contribution in [2.24, 2.45) is 0 Å². The predicted octanol–water partition coefficient (Wildman–Crippen LogP) is 3.27. The van der Waals surface area contributed by atoms with Crippen molar-refractivity contribution in [3.63, 3.8) is 0 Å². The first-order chi connectivity index (χ1) is 9.81. The van der Waals surface area contributed by atoms with Crippen LogP contribution in [0.1, 0.15) is 10.4 Å². The van der Waals surface area contributed by atoms with Crippen LogP contribution in [-0.4, -0.2) is 20.0 Å². The molecule has 110 valence electrons. The summed E-state index contributed by atoms with van der Waals surface area (Å²) in [6.07, 6.45) is 0. The lowest BCUT2D eigenvalue weighted by Gasteiger charge is -2.06. The lowest BCUT2D eigenvalue weighted by atomic mass is 10.1. The van der Waals surface area contributed by atoms with Gasteiger partial charge in [-0.25, -0.2) is 17.2 Å². The van der Waals surface area contributed by atoms with Gasteiger partial charge in [-0.05, 0) is 36.4 Å². The molecule has 0 amide bonds. The van der Waals surface area contributed by atoms with E-state index in [1.165, 1.54) is 24.3 Å². The monoisotopic (exact) mass is 330 g/mol. The molecule has 2 aromatic carbocycles. The Balaban J connectivity index is 2.33. The molecule has 0 radical (unpaired) electrons. The number of carbonyl (C=O) groups is 1. The summed E-state index contributed by atoms with van der Waals surface area (Å²) >= 11 is 5.64. The number of Topliss-reactive ketones (excluding diaryl/α,β-unsaturated/α-hetero) is 1. The highest BCUT2D eigenvalue weighted by atomic mass is 35.5. The molecule has 0 bridgehead atoms. The predicted molar refractivity (Wildman–Crippen MR) is 74.2 cm³/mol. The minimum Gasteiger partial charge on any atom is -0.293 e. The van der Waals surface area contributed by atoms with Crippen LogP contribution in [0.2, 0.25) is 5.02 Å². The van der Waals surface area contributed by atoms with Crippen molar-refractivity contribution in [3.8, 4) is 0 Å². The number of halogens is 3. The molecule has 0 atom stereocenters. The number of rotatable bonds is 4. The van der Waals surface area contributed by atoms with Crippen LogP contribution < -0.4 is 0 Å². The van der Waals surface area contributed by atoms with E-state index in [1.807, 2.05) is 0 Å². The fourth-order valence-electron chi connectivity index (χ4n) is 1.73. The normalized spacial score (nSPS) is 11.4. The summed E-state index contributed by atoms with van der Waals surface area (Å²) in [7, 11) is -4.00. The average Bonchev–Trinajstić information content (AvgIpc) is 2.38. The van der Waals surface area contributed by atoms with E-state index in [0.717, 1.165) is 18.2 Å². The van der Waals surface area contributed by atoms with Crippen molar-refractivity contribution in [2.45, 2.75) is 4.90 Å². The Morgan fingerprint density at radius 2 is 1.52 bits per heavy atom. The minimum atomic E-state index is -4.00. The summed E-state index contributed by atoms with van der Waals surface area (Å²) in [4.78, 5) is 11.7. The molecule has 7 heteroatoms. The zero-order valence-corrected chi connectivity index (χ0v) is 12.1. The first-order valence-corrected chi connectivity index (χ1v) is 7.80. The second kappa shape index (κ2) is 5.91. The van der Waals surface area contributed by atoms with Gasteiger partial charge in [0.05, 0.1) is 10.5 Å². The quantitative estimate of drug-likeness (QED) is 0.808. The third-order valence-electron chi connectivity index (χ3n) is 2.74. The van der Waals surface area contributed by atoms with Gasteiger partial charge >= 0.3 is 0 Å². The Morgan fingerprint density at radius 1 is 1.00 bits per heavy atom. The van der Waals surface area contributed by atoms with Gasteiger partial charge in [0.15, 0.2) is 15.6 Å². The second-order valence-corrected chi connectivity index (χ2v) is 6.66. The summed E-state index contributed by atoms with van der Waals surface area (Å²) in [6.45, 7) is 0. The standard InChI is InChI=1S/C14H9ClF2O3S/c15-9-4-6-10(7-5-9)21(19,20)8-13(18)14-11(16)2-1-3-12(14)17/h1-7H,8H2. The van der Waals surface area contributed by atoms with Gasteiger partial charge in [0.25, 0.3) is 0 Å². The molecule has 0 aliphatic carbocycles. The third-order valence-corrected chi connectivity index (χ3v) is 4.62. The lowest BCUT2D eigenvalue weighted by Crippen LogP contribution is -2.18. The molecule has 21 heavy (non-hydrogen) atoms. The van der Waals surface area contributed by atoms with Gasteiger partial charge in [-0.1, -0.05) is 17.7 Å². The fourth-order valence-corrected chi connectivity index (χ4v) is 3.07. The van der Waals surface area contributed by atoms with Crippen molar-refractivity contribution in [2.75, 3.05) is 5.75 Å². The molecule has 2 rings (SSSR count). The maximum Gasteiger partial charge on any atom is 0.185 e. The van der Waals surface area contributed by atoms with Gasteiger partial charge in [-0.3, -0.25) is 4.79 Å². The van der Waals surface area contributed by atoms with Crippen molar-refractivity contribution in [1.29, 1.82) is 0 Å². The Hall–Kier alpha value is -1.79. The maximum atomic E-state index is 13.5. The van der Waals surface area contributed by atoms with Gasteiger partial charge in [0.2, 0.25) is 0 Å². The summed E-state index contributed by atoms with van der Waals surface area (Å²) in [5.74, 6) is -4.34. The van der Waals surface area contributed by atoms with E-state index in [9.17, 15) is 22.0 Å². The number of hydrogen-bond donors (Lipinski definition) is 0. The topological polar surface area (TPSA) is 51.2 Å². The molecule has 0 fully saturated rings. The molecule has 0 heterocycles. The van der Waals surface area contributed by atoms with E-state index in [4.69, 9.17) is 11.6 Å². The van der Waals surface area contributed by atoms with Gasteiger partial charge in [0.1, 0.15) is 17.4 Å². The Labute approximate surface area is 125 Å². The molecule has 0 N–H and O–H groups in total. The minimum absolute atomic E-state index is 0.142. The van der Waals surface area contributed by atoms with Gasteiger partial charge < -0.3 is 0 Å². The van der Waals surface area contributed by atoms with Crippen molar-refractivity contribution < 1.29 is 22.0 Å². The van der Waals surface area contributed by atoms with Crippen LogP contribution >= 0.6 is 11.6 Å². The highest BCUT2D eigenvalue weighted by Crippen LogP contribution is 2.18. The summed E-state index contributed by atoms with van der Waals surface area (Å²) in [5, 5.41) is 0.334. The number of benzene rings is 2. The van der Waals surface area contributed by atoms with Crippen LogP contribution in [0.3, 0.4) is 0 Å². The molecular weight excluding hydrogens is 322 g/mol. The first kappa shape index (κ1) is 15.6. The van der Waals surface area contributed by atoms with Crippen LogP contribution in [0.5, 0.6) is 0 Å². The Bertz CT molecular complexity index is 766. The number of carbonyl (C=O) groups excluding carboxylic acids is 1. The molecule has 2 aromatic rings. The fraction of sp³-hybridized carbons (Fsp3) is 0.0714. The van der Waals surface area contributed by atoms with Crippen LogP contribution in [0.15, 0.2) is 47.4 Å². The van der Waals surface area contributed by atoms with Crippen molar-refractivity contribution in [3.05, 3.63) is 64.7 Å². The largest absolute Gasteiger partial charge is 0.293 e. The molecule has 0 unspecified atom stereocenters. The number of sulfone groups is 1. The zero-order valence-electron chi connectivity index (χ0n) is 10.5. The van der Waals surface area contributed by atoms with Crippen LogP contribution in [0.4, 0.5) is 8.78 Å². The van der Waals surface area contributed by atoms with Crippen LogP contribution in [-0.2, 0) is 9.84 Å². The molecule has 0 spiro atoms. The molecule has 0 saturated heterocycles. The third kappa shape index (κ3) is 3.46. The van der Waals surface area contributed by atoms with E-state index in [-0.39, 0.29) is 4.90 Å². The lowest BCUT2D eigenvalue weighted by molar-refractivity contribution is 0.101. The second-order valence-electron chi connectivity index (χ2n) is 4.23. The molecule has 0 aliphatic rings. The maximum absolute atomic E-state index is 13.5. The summed E-state index contributed by atoms with van der Waals surface area (Å²) in [5.41, 5.74) is -0.852. The van der Waals surface area contributed by atoms with Crippen molar-refractivity contribution in [1.82, 2.24) is 0 Å². The smallest absolute Gasteiger partial charge is 0.185 e. The van der Waals surface area contributed by atoms with Crippen LogP contribution in [0.25, 0.3) is 0 Å². The van der Waals surface area contributed by atoms with Crippen molar-refractivity contribution >= 4 is 27.2 Å². The van der Waals surface area contributed by atoms with E-state index >= 15 is 0 Å². The zero-order chi connectivity index (χ0) is 15.6.